The number of aromatic carboxylic acids is 1. The average molecular weight is 408 g/mol. The van der Waals surface area contributed by atoms with E-state index in [4.69, 9.17) is 14.2 Å². The zero-order valence-corrected chi connectivity index (χ0v) is 16.2. The fraction of sp³-hybridized carbons (Fsp3) is 0.136. The highest BCUT2D eigenvalue weighted by Gasteiger charge is 2.12. The normalized spacial score (nSPS) is 10.3. The van der Waals surface area contributed by atoms with Crippen molar-refractivity contribution < 1.29 is 28.9 Å². The molecule has 8 heteroatoms. The van der Waals surface area contributed by atoms with E-state index in [2.05, 4.69) is 10.3 Å². The van der Waals surface area contributed by atoms with Gasteiger partial charge in [0.25, 0.3) is 0 Å². The van der Waals surface area contributed by atoms with E-state index < -0.39 is 5.97 Å². The van der Waals surface area contributed by atoms with Crippen LogP contribution in [0.5, 0.6) is 17.4 Å². The van der Waals surface area contributed by atoms with Gasteiger partial charge < -0.3 is 24.6 Å². The standard InChI is InChI=1S/C22H20N2O6/c1-28-14-29-16-7-9-17(10-8-16)30-21-11-6-15(13-23-21)12-20(25)24-19-5-3-2-4-18(19)22(26)27/h2-11,13H,12,14H2,1H3,(H,24,25)(H,26,27). The van der Waals surface area contributed by atoms with Crippen molar-refractivity contribution in [3.8, 4) is 17.4 Å². The molecule has 0 atom stereocenters. The third-order valence-electron chi connectivity index (χ3n) is 3.98. The molecule has 0 fully saturated rings. The lowest BCUT2D eigenvalue weighted by Crippen LogP contribution is -2.16. The number of benzene rings is 2. The maximum atomic E-state index is 12.3. The van der Waals surface area contributed by atoms with Crippen LogP contribution in [0.3, 0.4) is 0 Å². The van der Waals surface area contributed by atoms with Crippen LogP contribution in [0, 0.1) is 0 Å². The van der Waals surface area contributed by atoms with Crippen molar-refractivity contribution in [2.24, 2.45) is 0 Å². The van der Waals surface area contributed by atoms with Crippen LogP contribution in [0.25, 0.3) is 0 Å². The number of carbonyl (C=O) groups excluding carboxylic acids is 1. The van der Waals surface area contributed by atoms with E-state index in [-0.39, 0.29) is 30.4 Å². The van der Waals surface area contributed by atoms with Crippen LogP contribution in [0.1, 0.15) is 15.9 Å². The summed E-state index contributed by atoms with van der Waals surface area (Å²) in [7, 11) is 1.55. The lowest BCUT2D eigenvalue weighted by Gasteiger charge is -2.09. The number of nitrogens with zero attached hydrogens (tertiary/aromatic N) is 1. The molecule has 2 N–H and O–H groups in total. The molecule has 0 radical (unpaired) electrons. The fourth-order valence-electron chi connectivity index (χ4n) is 2.59. The molecule has 30 heavy (non-hydrogen) atoms. The van der Waals surface area contributed by atoms with Gasteiger partial charge in [-0.3, -0.25) is 4.79 Å². The molecule has 0 saturated heterocycles. The number of hydrogen-bond donors (Lipinski definition) is 2. The number of rotatable bonds is 9. The minimum atomic E-state index is -1.10. The second kappa shape index (κ2) is 10.0. The van der Waals surface area contributed by atoms with Crippen molar-refractivity contribution >= 4 is 17.6 Å². The summed E-state index contributed by atoms with van der Waals surface area (Å²) >= 11 is 0. The predicted molar refractivity (Wildman–Crippen MR) is 109 cm³/mol. The van der Waals surface area contributed by atoms with Crippen molar-refractivity contribution in [2.75, 3.05) is 19.2 Å². The highest BCUT2D eigenvalue weighted by Crippen LogP contribution is 2.23. The Morgan fingerprint density at radius 3 is 2.40 bits per heavy atom. The van der Waals surface area contributed by atoms with Gasteiger partial charge in [-0.25, -0.2) is 9.78 Å². The topological polar surface area (TPSA) is 107 Å². The van der Waals surface area contributed by atoms with Crippen molar-refractivity contribution in [3.05, 3.63) is 78.0 Å². The monoisotopic (exact) mass is 408 g/mol. The van der Waals surface area contributed by atoms with Gasteiger partial charge in [-0.2, -0.15) is 0 Å². The number of amides is 1. The summed E-state index contributed by atoms with van der Waals surface area (Å²) < 4.78 is 15.8. The van der Waals surface area contributed by atoms with Gasteiger partial charge in [0.1, 0.15) is 11.5 Å². The maximum Gasteiger partial charge on any atom is 0.337 e. The number of carboxylic acids is 1. The number of para-hydroxylation sites is 1. The van der Waals surface area contributed by atoms with Crippen LogP contribution in [0.15, 0.2) is 66.9 Å². The Bertz CT molecular complexity index is 1000. The van der Waals surface area contributed by atoms with Crippen molar-refractivity contribution in [3.63, 3.8) is 0 Å². The minimum Gasteiger partial charge on any atom is -0.478 e. The Morgan fingerprint density at radius 2 is 1.73 bits per heavy atom. The van der Waals surface area contributed by atoms with Crippen LogP contribution in [0.4, 0.5) is 5.69 Å². The Labute approximate surface area is 173 Å². The zero-order chi connectivity index (χ0) is 21.3. The highest BCUT2D eigenvalue weighted by atomic mass is 16.7. The van der Waals surface area contributed by atoms with Gasteiger partial charge in [0.15, 0.2) is 6.79 Å². The first kappa shape index (κ1) is 20.8. The second-order valence-electron chi connectivity index (χ2n) is 6.20. The van der Waals surface area contributed by atoms with E-state index in [1.165, 1.54) is 12.3 Å². The lowest BCUT2D eigenvalue weighted by molar-refractivity contribution is -0.115. The number of hydrogen-bond acceptors (Lipinski definition) is 6. The summed E-state index contributed by atoms with van der Waals surface area (Å²) in [6, 6.07) is 16.6. The Morgan fingerprint density at radius 1 is 1.00 bits per heavy atom. The Kier molecular flexibility index (Phi) is 6.96. The van der Waals surface area contributed by atoms with Crippen LogP contribution < -0.4 is 14.8 Å². The van der Waals surface area contributed by atoms with Crippen molar-refractivity contribution in [1.29, 1.82) is 0 Å². The highest BCUT2D eigenvalue weighted by molar-refractivity contribution is 6.00. The van der Waals surface area contributed by atoms with Gasteiger partial charge in [-0.1, -0.05) is 18.2 Å². The molecule has 8 nitrogen and oxygen atoms in total. The molecule has 0 aliphatic heterocycles. The summed E-state index contributed by atoms with van der Waals surface area (Å²) in [6.07, 6.45) is 1.58. The molecule has 1 aromatic heterocycles. The number of nitrogens with one attached hydrogen (secondary N) is 1. The van der Waals surface area contributed by atoms with Gasteiger partial charge in [-0.15, -0.1) is 0 Å². The average Bonchev–Trinajstić information content (AvgIpc) is 2.75. The lowest BCUT2D eigenvalue weighted by atomic mass is 10.1. The van der Waals surface area contributed by atoms with E-state index in [1.54, 1.807) is 61.7 Å². The van der Waals surface area contributed by atoms with Gasteiger partial charge in [0.05, 0.1) is 17.7 Å². The quantitative estimate of drug-likeness (QED) is 0.520. The molecule has 0 aliphatic rings. The minimum absolute atomic E-state index is 0.0337. The van der Waals surface area contributed by atoms with Crippen LogP contribution in [0.2, 0.25) is 0 Å². The van der Waals surface area contributed by atoms with Crippen LogP contribution in [-0.2, 0) is 16.0 Å². The largest absolute Gasteiger partial charge is 0.478 e. The smallest absolute Gasteiger partial charge is 0.337 e. The number of anilines is 1. The van der Waals surface area contributed by atoms with Gasteiger partial charge in [-0.05, 0) is 42.0 Å². The molecule has 2 aromatic carbocycles. The third-order valence-corrected chi connectivity index (χ3v) is 3.98. The van der Waals surface area contributed by atoms with E-state index >= 15 is 0 Å². The van der Waals surface area contributed by atoms with Crippen LogP contribution >= 0.6 is 0 Å². The van der Waals surface area contributed by atoms with Gasteiger partial charge in [0, 0.05) is 19.4 Å². The van der Waals surface area contributed by atoms with Gasteiger partial charge in [0.2, 0.25) is 11.8 Å². The maximum absolute atomic E-state index is 12.3. The second-order valence-corrected chi connectivity index (χ2v) is 6.20. The first-order chi connectivity index (χ1) is 14.5. The van der Waals surface area contributed by atoms with Gasteiger partial charge >= 0.3 is 5.97 Å². The molecular weight excluding hydrogens is 388 g/mol. The first-order valence-corrected chi connectivity index (χ1v) is 9.02. The summed E-state index contributed by atoms with van der Waals surface area (Å²) in [5.74, 6) is 0.171. The molecule has 0 aliphatic carbocycles. The molecule has 0 unspecified atom stereocenters. The molecule has 0 saturated carbocycles. The first-order valence-electron chi connectivity index (χ1n) is 9.02. The van der Waals surface area contributed by atoms with E-state index in [0.29, 0.717) is 22.9 Å². The third kappa shape index (κ3) is 5.79. The van der Waals surface area contributed by atoms with Crippen molar-refractivity contribution in [1.82, 2.24) is 4.98 Å². The zero-order valence-electron chi connectivity index (χ0n) is 16.2. The summed E-state index contributed by atoms with van der Waals surface area (Å²) in [4.78, 5) is 27.7. The molecule has 0 bridgehead atoms. The number of methoxy groups -OCH3 is 1. The predicted octanol–water partition coefficient (Wildman–Crippen LogP) is 3.74. The molecule has 154 valence electrons. The number of carbonyl (C=O) groups is 2. The van der Waals surface area contributed by atoms with Crippen LogP contribution in [-0.4, -0.2) is 35.9 Å². The molecule has 3 aromatic rings. The Balaban J connectivity index is 1.57. The molecule has 3 rings (SSSR count). The van der Waals surface area contributed by atoms with Crippen molar-refractivity contribution in [2.45, 2.75) is 6.42 Å². The number of carboxylic acid groups (broad SMARTS) is 1. The molecule has 1 heterocycles. The van der Waals surface area contributed by atoms with E-state index in [1.807, 2.05) is 0 Å². The fourth-order valence-corrected chi connectivity index (χ4v) is 2.59. The summed E-state index contributed by atoms with van der Waals surface area (Å²) in [5.41, 5.74) is 0.947. The number of pyridine rings is 1. The van der Waals surface area contributed by atoms with E-state index in [9.17, 15) is 14.7 Å². The molecular formula is C22H20N2O6. The van der Waals surface area contributed by atoms with E-state index in [0.717, 1.165) is 0 Å². The summed E-state index contributed by atoms with van der Waals surface area (Å²) in [5, 5.41) is 11.8. The molecule has 1 amide bonds. The number of ether oxygens (including phenoxy) is 3. The Hall–Kier alpha value is -3.91. The number of aromatic nitrogens is 1. The SMILES string of the molecule is COCOc1ccc(Oc2ccc(CC(=O)Nc3ccccc3C(=O)O)cn2)cc1. The molecule has 0 spiro atoms. The summed E-state index contributed by atoms with van der Waals surface area (Å²) in [6.45, 7) is 0.165.